The fraction of sp³-hybridized carbons (Fsp3) is 0.200. The maximum atomic E-state index is 12.8. The quantitative estimate of drug-likeness (QED) is 0.452. The third kappa shape index (κ3) is 7.09. The van der Waals surface area contributed by atoms with Crippen LogP contribution in [0.25, 0.3) is 0 Å². The molecule has 3 aromatic carbocycles. The van der Waals surface area contributed by atoms with Crippen molar-refractivity contribution < 1.29 is 17.9 Å². The molecule has 1 amide bonds. The summed E-state index contributed by atoms with van der Waals surface area (Å²) in [6, 6.07) is 23.1. The maximum Gasteiger partial charge on any atom is 0.255 e. The van der Waals surface area contributed by atoms with E-state index in [0.717, 1.165) is 11.1 Å². The molecule has 0 spiro atoms. The van der Waals surface area contributed by atoms with Gasteiger partial charge in [0.1, 0.15) is 12.4 Å². The van der Waals surface area contributed by atoms with Crippen LogP contribution in [0.4, 0.5) is 11.4 Å². The van der Waals surface area contributed by atoms with Crippen molar-refractivity contribution in [3.8, 4) is 11.8 Å². The first-order valence-electron chi connectivity index (χ1n) is 10.5. The van der Waals surface area contributed by atoms with Crippen molar-refractivity contribution >= 4 is 27.3 Å². The minimum absolute atomic E-state index is 0.0118. The van der Waals surface area contributed by atoms with Crippen molar-refractivity contribution in [3.05, 3.63) is 89.5 Å². The zero-order chi connectivity index (χ0) is 23.7. The van der Waals surface area contributed by atoms with E-state index < -0.39 is 10.0 Å². The lowest BCUT2D eigenvalue weighted by Gasteiger charge is -2.13. The molecule has 7 nitrogen and oxygen atoms in total. The Kier molecular flexibility index (Phi) is 8.06. The second-order valence-electron chi connectivity index (χ2n) is 7.38. The monoisotopic (exact) mass is 463 g/mol. The van der Waals surface area contributed by atoms with Gasteiger partial charge in [0.15, 0.2) is 0 Å². The van der Waals surface area contributed by atoms with Gasteiger partial charge in [-0.05, 0) is 48.4 Å². The van der Waals surface area contributed by atoms with Crippen LogP contribution >= 0.6 is 0 Å². The molecule has 0 aromatic heterocycles. The molecule has 0 atom stereocenters. The van der Waals surface area contributed by atoms with Gasteiger partial charge in [-0.1, -0.05) is 43.3 Å². The highest BCUT2D eigenvalue weighted by Crippen LogP contribution is 2.21. The molecule has 3 rings (SSSR count). The van der Waals surface area contributed by atoms with Gasteiger partial charge in [-0.2, -0.15) is 5.26 Å². The number of para-hydroxylation sites is 1. The van der Waals surface area contributed by atoms with Crippen molar-refractivity contribution in [2.45, 2.75) is 26.4 Å². The molecule has 0 fully saturated rings. The Morgan fingerprint density at radius 1 is 1.03 bits per heavy atom. The molecule has 0 radical (unpaired) electrons. The van der Waals surface area contributed by atoms with Crippen molar-refractivity contribution in [2.24, 2.45) is 0 Å². The number of benzene rings is 3. The average molecular weight is 464 g/mol. The van der Waals surface area contributed by atoms with E-state index in [1.807, 2.05) is 30.3 Å². The number of ether oxygens (including phenoxy) is 1. The van der Waals surface area contributed by atoms with Crippen molar-refractivity contribution in [1.29, 1.82) is 5.26 Å². The summed E-state index contributed by atoms with van der Waals surface area (Å²) < 4.78 is 32.4. The van der Waals surface area contributed by atoms with E-state index in [1.54, 1.807) is 43.3 Å². The van der Waals surface area contributed by atoms with Gasteiger partial charge >= 0.3 is 0 Å². The highest BCUT2D eigenvalue weighted by atomic mass is 32.2. The van der Waals surface area contributed by atoms with Crippen molar-refractivity contribution in [1.82, 2.24) is 0 Å². The molecule has 33 heavy (non-hydrogen) atoms. The zero-order valence-electron chi connectivity index (χ0n) is 18.2. The largest absolute Gasteiger partial charge is 0.489 e. The van der Waals surface area contributed by atoms with E-state index in [9.17, 15) is 13.2 Å². The zero-order valence-corrected chi connectivity index (χ0v) is 19.1. The number of carbonyl (C=O) groups is 1. The lowest BCUT2D eigenvalue weighted by molar-refractivity contribution is 0.102. The molecule has 0 unspecified atom stereocenters. The Bertz CT molecular complexity index is 1250. The van der Waals surface area contributed by atoms with Crippen LogP contribution in [-0.4, -0.2) is 20.1 Å². The number of anilines is 2. The number of sulfonamides is 1. The van der Waals surface area contributed by atoms with Crippen LogP contribution in [-0.2, 0) is 23.1 Å². The van der Waals surface area contributed by atoms with Crippen LogP contribution in [0.15, 0.2) is 72.8 Å². The first kappa shape index (κ1) is 23.8. The number of nitrogens with one attached hydrogen (secondary N) is 2. The highest BCUT2D eigenvalue weighted by molar-refractivity contribution is 7.92. The van der Waals surface area contributed by atoms with Gasteiger partial charge in [-0.25, -0.2) is 8.42 Å². The summed E-state index contributed by atoms with van der Waals surface area (Å²) in [5.74, 6) is 0.308. The smallest absolute Gasteiger partial charge is 0.255 e. The lowest BCUT2D eigenvalue weighted by Crippen LogP contribution is -2.17. The third-order valence-electron chi connectivity index (χ3n) is 4.74. The van der Waals surface area contributed by atoms with Crippen LogP contribution in [0.5, 0.6) is 5.75 Å². The van der Waals surface area contributed by atoms with Crippen LogP contribution < -0.4 is 14.8 Å². The number of nitriles is 1. The van der Waals surface area contributed by atoms with E-state index in [4.69, 9.17) is 10.00 Å². The normalized spacial score (nSPS) is 10.8. The van der Waals surface area contributed by atoms with E-state index in [1.165, 1.54) is 6.07 Å². The topological polar surface area (TPSA) is 108 Å². The molecule has 0 bridgehead atoms. The summed E-state index contributed by atoms with van der Waals surface area (Å²) >= 11 is 0. The van der Waals surface area contributed by atoms with Crippen molar-refractivity contribution in [3.63, 3.8) is 0 Å². The summed E-state index contributed by atoms with van der Waals surface area (Å²) in [7, 11) is -3.45. The molecule has 0 heterocycles. The molecule has 170 valence electrons. The predicted molar refractivity (Wildman–Crippen MR) is 129 cm³/mol. The van der Waals surface area contributed by atoms with Gasteiger partial charge in [-0.3, -0.25) is 9.52 Å². The predicted octanol–water partition coefficient (Wildman–Crippen LogP) is 4.74. The summed E-state index contributed by atoms with van der Waals surface area (Å²) in [5, 5.41) is 11.6. The molecule has 0 aliphatic heterocycles. The minimum Gasteiger partial charge on any atom is -0.489 e. The minimum atomic E-state index is -3.45. The van der Waals surface area contributed by atoms with Crippen LogP contribution in [0.2, 0.25) is 0 Å². The second kappa shape index (κ2) is 11.2. The van der Waals surface area contributed by atoms with E-state index in [2.05, 4.69) is 16.1 Å². The Morgan fingerprint density at radius 2 is 1.79 bits per heavy atom. The van der Waals surface area contributed by atoms with Crippen LogP contribution in [0, 0.1) is 11.3 Å². The third-order valence-corrected chi connectivity index (χ3v) is 6.23. The summed E-state index contributed by atoms with van der Waals surface area (Å²) in [6.07, 6.45) is 0.842. The Hall–Kier alpha value is -3.83. The number of nitrogens with zero attached hydrogens (tertiary/aromatic N) is 1. The number of hydrogen-bond donors (Lipinski definition) is 2. The number of amides is 1. The molecular formula is C25H25N3O4S. The first-order valence-corrected chi connectivity index (χ1v) is 12.1. The molecular weight excluding hydrogens is 438 g/mol. The SMILES string of the molecule is CCCS(=O)(=O)Nc1cccc(C(=O)Nc2ccccc2COc2ccc(CC#N)cc2)c1. The standard InChI is InChI=1S/C25H25N3O4S/c1-2-16-33(30,31)28-22-8-5-7-20(17-22)25(29)27-24-9-4-3-6-21(24)18-32-23-12-10-19(11-13-23)14-15-26/h3-13,17,28H,2,14,16,18H2,1H3,(H,27,29). The van der Waals surface area contributed by atoms with Gasteiger partial charge in [0.25, 0.3) is 5.91 Å². The molecule has 0 saturated heterocycles. The van der Waals surface area contributed by atoms with Gasteiger partial charge in [0, 0.05) is 22.5 Å². The Labute approximate surface area is 194 Å². The fourth-order valence-corrected chi connectivity index (χ4v) is 4.27. The van der Waals surface area contributed by atoms with Gasteiger partial charge in [0.2, 0.25) is 10.0 Å². The molecule has 0 saturated carbocycles. The highest BCUT2D eigenvalue weighted by Gasteiger charge is 2.13. The Balaban J connectivity index is 1.68. The molecule has 2 N–H and O–H groups in total. The first-order chi connectivity index (χ1) is 15.9. The number of carbonyl (C=O) groups excluding carboxylic acids is 1. The molecule has 8 heteroatoms. The maximum absolute atomic E-state index is 12.8. The van der Waals surface area contributed by atoms with Crippen LogP contribution in [0.1, 0.15) is 34.8 Å². The molecule has 0 aliphatic rings. The van der Waals surface area contributed by atoms with Gasteiger partial charge < -0.3 is 10.1 Å². The van der Waals surface area contributed by atoms with E-state index in [-0.39, 0.29) is 18.3 Å². The van der Waals surface area contributed by atoms with E-state index in [0.29, 0.717) is 35.5 Å². The molecule has 3 aromatic rings. The van der Waals surface area contributed by atoms with E-state index >= 15 is 0 Å². The number of rotatable bonds is 10. The summed E-state index contributed by atoms with van der Waals surface area (Å²) in [4.78, 5) is 12.8. The second-order valence-corrected chi connectivity index (χ2v) is 9.22. The van der Waals surface area contributed by atoms with Crippen LogP contribution in [0.3, 0.4) is 0 Å². The summed E-state index contributed by atoms with van der Waals surface area (Å²) in [5.41, 5.74) is 2.96. The van der Waals surface area contributed by atoms with Gasteiger partial charge in [-0.15, -0.1) is 0 Å². The number of hydrogen-bond acceptors (Lipinski definition) is 5. The lowest BCUT2D eigenvalue weighted by atomic mass is 10.1. The summed E-state index contributed by atoms with van der Waals surface area (Å²) in [6.45, 7) is 2.03. The average Bonchev–Trinajstić information content (AvgIpc) is 2.79. The van der Waals surface area contributed by atoms with Crippen molar-refractivity contribution in [2.75, 3.05) is 15.8 Å². The Morgan fingerprint density at radius 3 is 2.52 bits per heavy atom. The fourth-order valence-electron chi connectivity index (χ4n) is 3.14. The molecule has 0 aliphatic carbocycles. The van der Waals surface area contributed by atoms with Gasteiger partial charge in [0.05, 0.1) is 18.2 Å².